The van der Waals surface area contributed by atoms with E-state index in [1.54, 1.807) is 24.3 Å². The molecule has 0 saturated carbocycles. The molecule has 0 unspecified atom stereocenters. The molecule has 2 rings (SSSR count). The Balaban J connectivity index is 1.64. The van der Waals surface area contributed by atoms with Crippen molar-refractivity contribution >= 4 is 0 Å². The Morgan fingerprint density at radius 2 is 0.833 bits per heavy atom. The molecule has 0 amide bonds. The van der Waals surface area contributed by atoms with Gasteiger partial charge in [-0.15, -0.1) is 0 Å². The smallest absolute Gasteiger partial charge is 0.115 e. The lowest BCUT2D eigenvalue weighted by Crippen LogP contribution is -2.01. The fraction of sp³-hybridized carbons (Fsp3) is 0.571. The van der Waals surface area contributed by atoms with Gasteiger partial charge in [0.15, 0.2) is 0 Å². The number of phenols is 2. The number of benzene rings is 2. The average molecular weight is 411 g/mol. The van der Waals surface area contributed by atoms with Gasteiger partial charge >= 0.3 is 0 Å². The second kappa shape index (κ2) is 14.9. The summed E-state index contributed by atoms with van der Waals surface area (Å²) < 4.78 is 0. The van der Waals surface area contributed by atoms with Crippen molar-refractivity contribution in [3.63, 3.8) is 0 Å². The molecule has 2 aromatic rings. The summed E-state index contributed by atoms with van der Waals surface area (Å²) in [5, 5.41) is 19.2. The van der Waals surface area contributed by atoms with Crippen molar-refractivity contribution in [3.05, 3.63) is 59.7 Å². The van der Waals surface area contributed by atoms with Crippen LogP contribution >= 0.6 is 0 Å². The molecule has 166 valence electrons. The molecule has 0 atom stereocenters. The summed E-state index contributed by atoms with van der Waals surface area (Å²) in [5.41, 5.74) is 2.47. The summed E-state index contributed by atoms with van der Waals surface area (Å²) >= 11 is 0. The van der Waals surface area contributed by atoms with Gasteiger partial charge in [-0.25, -0.2) is 0 Å². The minimum absolute atomic E-state index is 0.309. The Morgan fingerprint density at radius 1 is 0.500 bits per heavy atom. The van der Waals surface area contributed by atoms with Crippen LogP contribution in [0.15, 0.2) is 48.5 Å². The van der Waals surface area contributed by atoms with E-state index in [0.29, 0.717) is 17.4 Å². The van der Waals surface area contributed by atoms with Gasteiger partial charge in [-0.2, -0.15) is 0 Å². The van der Waals surface area contributed by atoms with Crippen LogP contribution in [0.2, 0.25) is 0 Å². The minimum Gasteiger partial charge on any atom is -0.508 e. The molecular weight excluding hydrogens is 368 g/mol. The summed E-state index contributed by atoms with van der Waals surface area (Å²) in [5.74, 6) is 0.937. The average Bonchev–Trinajstić information content (AvgIpc) is 2.76. The van der Waals surface area contributed by atoms with E-state index in [4.69, 9.17) is 0 Å². The van der Waals surface area contributed by atoms with Crippen molar-refractivity contribution in [3.8, 4) is 11.5 Å². The van der Waals surface area contributed by atoms with Gasteiger partial charge in [0, 0.05) is 5.92 Å². The molecule has 0 aliphatic carbocycles. The third-order valence-corrected chi connectivity index (χ3v) is 6.19. The van der Waals surface area contributed by atoms with Crippen molar-refractivity contribution in [1.29, 1.82) is 0 Å². The maximum Gasteiger partial charge on any atom is 0.115 e. The zero-order chi connectivity index (χ0) is 21.4. The summed E-state index contributed by atoms with van der Waals surface area (Å²) in [7, 11) is 0. The highest BCUT2D eigenvalue weighted by atomic mass is 16.3. The molecule has 0 radical (unpaired) electrons. The number of phenolic OH excluding ortho intramolecular Hbond substituents is 2. The molecule has 0 heterocycles. The quantitative estimate of drug-likeness (QED) is 0.272. The van der Waals surface area contributed by atoms with Crippen LogP contribution in [0.3, 0.4) is 0 Å². The van der Waals surface area contributed by atoms with Gasteiger partial charge < -0.3 is 10.2 Å². The number of unbranched alkanes of at least 4 members (excludes halogenated alkanes) is 12. The fourth-order valence-electron chi connectivity index (χ4n) is 4.31. The SMILES string of the molecule is CCCCCCCCCCCCCCCC(c1ccc(O)cc1)c1ccc(O)cc1. The standard InChI is InChI=1S/C28H42O2/c1-2-3-4-5-6-7-8-9-10-11-12-13-14-15-28(24-16-20-26(29)21-17-24)25-18-22-27(30)23-19-25/h16-23,28-30H,2-15H2,1H3. The Bertz CT molecular complexity index is 615. The van der Waals surface area contributed by atoms with Crippen molar-refractivity contribution in [1.82, 2.24) is 0 Å². The normalized spacial score (nSPS) is 11.3. The first-order valence-corrected chi connectivity index (χ1v) is 12.3. The number of rotatable bonds is 16. The molecule has 0 saturated heterocycles. The zero-order valence-electron chi connectivity index (χ0n) is 19.0. The Hall–Kier alpha value is -1.96. The molecule has 0 aliphatic rings. The Morgan fingerprint density at radius 3 is 1.20 bits per heavy atom. The van der Waals surface area contributed by atoms with Crippen molar-refractivity contribution in [2.75, 3.05) is 0 Å². The highest BCUT2D eigenvalue weighted by molar-refractivity contribution is 5.37. The fourth-order valence-corrected chi connectivity index (χ4v) is 4.31. The van der Waals surface area contributed by atoms with E-state index in [9.17, 15) is 10.2 Å². The third-order valence-electron chi connectivity index (χ3n) is 6.19. The van der Waals surface area contributed by atoms with Gasteiger partial charge in [0.05, 0.1) is 0 Å². The van der Waals surface area contributed by atoms with Gasteiger partial charge in [0.1, 0.15) is 11.5 Å². The van der Waals surface area contributed by atoms with Crippen molar-refractivity contribution in [2.45, 2.75) is 103 Å². The molecule has 2 N–H and O–H groups in total. The molecule has 0 fully saturated rings. The highest BCUT2D eigenvalue weighted by Crippen LogP contribution is 2.32. The van der Waals surface area contributed by atoms with E-state index in [1.165, 1.54) is 94.6 Å². The maximum absolute atomic E-state index is 9.61. The molecule has 0 aliphatic heterocycles. The first kappa shape index (κ1) is 24.3. The molecule has 2 heteroatoms. The van der Waals surface area contributed by atoms with E-state index in [2.05, 4.69) is 6.92 Å². The van der Waals surface area contributed by atoms with Crippen molar-refractivity contribution in [2.24, 2.45) is 0 Å². The van der Waals surface area contributed by atoms with Gasteiger partial charge in [0.2, 0.25) is 0 Å². The Labute approximate surface area is 184 Å². The van der Waals surface area contributed by atoms with Crippen LogP contribution in [-0.2, 0) is 0 Å². The van der Waals surface area contributed by atoms with E-state index in [-0.39, 0.29) is 0 Å². The van der Waals surface area contributed by atoms with E-state index in [1.807, 2.05) is 24.3 Å². The van der Waals surface area contributed by atoms with E-state index in [0.717, 1.165) is 6.42 Å². The predicted molar refractivity (Wildman–Crippen MR) is 128 cm³/mol. The molecule has 2 aromatic carbocycles. The number of hydrogen-bond donors (Lipinski definition) is 2. The first-order valence-electron chi connectivity index (χ1n) is 12.3. The maximum atomic E-state index is 9.61. The monoisotopic (exact) mass is 410 g/mol. The van der Waals surface area contributed by atoms with E-state index >= 15 is 0 Å². The van der Waals surface area contributed by atoms with Gasteiger partial charge in [-0.05, 0) is 41.8 Å². The zero-order valence-corrected chi connectivity index (χ0v) is 19.0. The topological polar surface area (TPSA) is 40.5 Å². The van der Waals surface area contributed by atoms with Gasteiger partial charge in [-0.1, -0.05) is 115 Å². The van der Waals surface area contributed by atoms with Crippen LogP contribution in [0.4, 0.5) is 0 Å². The third kappa shape index (κ3) is 9.69. The second-order valence-electron chi connectivity index (χ2n) is 8.77. The molecule has 30 heavy (non-hydrogen) atoms. The minimum atomic E-state index is 0.309. The number of aromatic hydroxyl groups is 2. The highest BCUT2D eigenvalue weighted by Gasteiger charge is 2.14. The molecular formula is C28H42O2. The predicted octanol–water partition coefficient (Wildman–Crippen LogP) is 8.71. The van der Waals surface area contributed by atoms with Crippen molar-refractivity contribution < 1.29 is 10.2 Å². The van der Waals surface area contributed by atoms with Crippen LogP contribution in [0.1, 0.15) is 114 Å². The van der Waals surface area contributed by atoms with Crippen LogP contribution in [0.5, 0.6) is 11.5 Å². The Kier molecular flexibility index (Phi) is 12.1. The molecule has 0 aromatic heterocycles. The lowest BCUT2D eigenvalue weighted by Gasteiger charge is -2.18. The largest absolute Gasteiger partial charge is 0.508 e. The summed E-state index contributed by atoms with van der Waals surface area (Å²) in [6.07, 6.45) is 18.9. The van der Waals surface area contributed by atoms with Gasteiger partial charge in [-0.3, -0.25) is 0 Å². The lowest BCUT2D eigenvalue weighted by atomic mass is 9.86. The summed E-state index contributed by atoms with van der Waals surface area (Å²) in [4.78, 5) is 0. The van der Waals surface area contributed by atoms with Crippen LogP contribution in [0.25, 0.3) is 0 Å². The molecule has 0 spiro atoms. The van der Waals surface area contributed by atoms with Crippen LogP contribution < -0.4 is 0 Å². The summed E-state index contributed by atoms with van der Waals surface area (Å²) in [6.45, 7) is 2.28. The molecule has 0 bridgehead atoms. The number of hydrogen-bond acceptors (Lipinski definition) is 2. The first-order chi connectivity index (χ1) is 14.7. The van der Waals surface area contributed by atoms with Gasteiger partial charge in [0.25, 0.3) is 0 Å². The van der Waals surface area contributed by atoms with Crippen LogP contribution in [0, 0.1) is 0 Å². The molecule has 2 nitrogen and oxygen atoms in total. The summed E-state index contributed by atoms with van der Waals surface area (Å²) in [6, 6.07) is 15.2. The van der Waals surface area contributed by atoms with Crippen LogP contribution in [-0.4, -0.2) is 10.2 Å². The second-order valence-corrected chi connectivity index (χ2v) is 8.77. The lowest BCUT2D eigenvalue weighted by molar-refractivity contribution is 0.474. The van der Waals surface area contributed by atoms with E-state index < -0.39 is 0 Å².